The zero-order chi connectivity index (χ0) is 14.3. The van der Waals surface area contributed by atoms with E-state index in [1.807, 2.05) is 13.8 Å². The second kappa shape index (κ2) is 7.94. The van der Waals surface area contributed by atoms with Crippen LogP contribution in [0.25, 0.3) is 0 Å². The molecule has 5 nitrogen and oxygen atoms in total. The van der Waals surface area contributed by atoms with Crippen LogP contribution in [0.2, 0.25) is 0 Å². The first-order valence-corrected chi connectivity index (χ1v) is 6.77. The standard InChI is InChI=1S/C14H24N2O3/c1-10(2)9-18-7-5-6-15-14(17)8-13-11(3)16-19-12(13)4/h10H,5-9H2,1-4H3,(H,15,17). The molecular formula is C14H24N2O3. The second-order valence-corrected chi connectivity index (χ2v) is 5.15. The number of hydrogen-bond acceptors (Lipinski definition) is 4. The number of nitrogens with one attached hydrogen (secondary N) is 1. The summed E-state index contributed by atoms with van der Waals surface area (Å²) in [6, 6.07) is 0. The Bertz CT molecular complexity index is 380. The van der Waals surface area contributed by atoms with Gasteiger partial charge in [-0.1, -0.05) is 19.0 Å². The highest BCUT2D eigenvalue weighted by Gasteiger charge is 2.12. The number of carbonyl (C=O) groups excluding carboxylic acids is 1. The number of hydrogen-bond donors (Lipinski definition) is 1. The van der Waals surface area contributed by atoms with Gasteiger partial charge in [0, 0.05) is 25.3 Å². The monoisotopic (exact) mass is 268 g/mol. The molecule has 0 aliphatic carbocycles. The zero-order valence-electron chi connectivity index (χ0n) is 12.3. The van der Waals surface area contributed by atoms with Gasteiger partial charge in [-0.3, -0.25) is 4.79 Å². The van der Waals surface area contributed by atoms with Crippen molar-refractivity contribution >= 4 is 5.91 Å². The first-order chi connectivity index (χ1) is 9.00. The fourth-order valence-corrected chi connectivity index (χ4v) is 1.70. The minimum absolute atomic E-state index is 0.00161. The number of carbonyl (C=O) groups is 1. The van der Waals surface area contributed by atoms with E-state index in [9.17, 15) is 4.79 Å². The highest BCUT2D eigenvalue weighted by atomic mass is 16.5. The molecule has 0 aliphatic heterocycles. The van der Waals surface area contributed by atoms with E-state index in [-0.39, 0.29) is 5.91 Å². The summed E-state index contributed by atoms with van der Waals surface area (Å²) >= 11 is 0. The summed E-state index contributed by atoms with van der Waals surface area (Å²) in [6.07, 6.45) is 1.16. The van der Waals surface area contributed by atoms with Gasteiger partial charge in [0.15, 0.2) is 0 Å². The Labute approximate surface area is 114 Å². The van der Waals surface area contributed by atoms with Crippen LogP contribution in [0.4, 0.5) is 0 Å². The van der Waals surface area contributed by atoms with Crippen LogP contribution < -0.4 is 5.32 Å². The van der Waals surface area contributed by atoms with Crippen LogP contribution in [0.5, 0.6) is 0 Å². The van der Waals surface area contributed by atoms with E-state index in [0.29, 0.717) is 31.3 Å². The van der Waals surface area contributed by atoms with Gasteiger partial charge in [-0.2, -0.15) is 0 Å². The van der Waals surface area contributed by atoms with E-state index in [0.717, 1.165) is 24.3 Å². The zero-order valence-corrected chi connectivity index (χ0v) is 12.3. The summed E-state index contributed by atoms with van der Waals surface area (Å²) in [5.41, 5.74) is 1.67. The van der Waals surface area contributed by atoms with Crippen molar-refractivity contribution in [2.75, 3.05) is 19.8 Å². The third kappa shape index (κ3) is 5.87. The van der Waals surface area contributed by atoms with Gasteiger partial charge in [-0.15, -0.1) is 0 Å². The molecule has 19 heavy (non-hydrogen) atoms. The van der Waals surface area contributed by atoms with Gasteiger partial charge in [0.2, 0.25) is 5.91 Å². The SMILES string of the molecule is Cc1noc(C)c1CC(=O)NCCCOCC(C)C. The molecule has 5 heteroatoms. The minimum Gasteiger partial charge on any atom is -0.381 e. The van der Waals surface area contributed by atoms with Crippen molar-refractivity contribution < 1.29 is 14.1 Å². The average molecular weight is 268 g/mol. The predicted molar refractivity (Wildman–Crippen MR) is 73.0 cm³/mol. The number of aryl methyl sites for hydroxylation is 2. The van der Waals surface area contributed by atoms with Crippen LogP contribution in [0.1, 0.15) is 37.3 Å². The lowest BCUT2D eigenvalue weighted by molar-refractivity contribution is -0.120. The van der Waals surface area contributed by atoms with Crippen LogP contribution in [0.3, 0.4) is 0 Å². The van der Waals surface area contributed by atoms with Crippen molar-refractivity contribution in [2.45, 2.75) is 40.5 Å². The maximum atomic E-state index is 11.7. The molecule has 1 rings (SSSR count). The van der Waals surface area contributed by atoms with Gasteiger partial charge in [0.05, 0.1) is 12.1 Å². The van der Waals surface area contributed by atoms with Crippen molar-refractivity contribution in [2.24, 2.45) is 5.92 Å². The number of nitrogens with zero attached hydrogens (tertiary/aromatic N) is 1. The number of amides is 1. The first kappa shape index (κ1) is 15.7. The van der Waals surface area contributed by atoms with Gasteiger partial charge < -0.3 is 14.6 Å². The summed E-state index contributed by atoms with van der Waals surface area (Å²) in [5, 5.41) is 6.71. The molecule has 0 atom stereocenters. The molecule has 108 valence electrons. The van der Waals surface area contributed by atoms with Crippen molar-refractivity contribution in [1.82, 2.24) is 10.5 Å². The summed E-state index contributed by atoms with van der Waals surface area (Å²) < 4.78 is 10.5. The van der Waals surface area contributed by atoms with Crippen LogP contribution in [-0.2, 0) is 16.0 Å². The highest BCUT2D eigenvalue weighted by molar-refractivity contribution is 5.78. The number of aromatic nitrogens is 1. The molecule has 0 aliphatic rings. The maximum absolute atomic E-state index is 11.7. The van der Waals surface area contributed by atoms with E-state index in [1.54, 1.807) is 0 Å². The lowest BCUT2D eigenvalue weighted by Crippen LogP contribution is -2.27. The normalized spacial score (nSPS) is 11.0. The van der Waals surface area contributed by atoms with Crippen molar-refractivity contribution in [1.29, 1.82) is 0 Å². The lowest BCUT2D eigenvalue weighted by Gasteiger charge is -2.07. The molecule has 1 amide bonds. The second-order valence-electron chi connectivity index (χ2n) is 5.15. The summed E-state index contributed by atoms with van der Waals surface area (Å²) in [7, 11) is 0. The molecule has 0 spiro atoms. The summed E-state index contributed by atoms with van der Waals surface area (Å²) in [5.74, 6) is 1.26. The molecule has 1 heterocycles. The minimum atomic E-state index is -0.00161. The van der Waals surface area contributed by atoms with Gasteiger partial charge in [0.1, 0.15) is 5.76 Å². The Kier molecular flexibility index (Phi) is 6.56. The van der Waals surface area contributed by atoms with Gasteiger partial charge >= 0.3 is 0 Å². The molecule has 0 radical (unpaired) electrons. The van der Waals surface area contributed by atoms with Gasteiger partial charge in [-0.25, -0.2) is 0 Å². The Hall–Kier alpha value is -1.36. The first-order valence-electron chi connectivity index (χ1n) is 6.77. The van der Waals surface area contributed by atoms with Crippen LogP contribution in [0.15, 0.2) is 4.52 Å². The van der Waals surface area contributed by atoms with Gasteiger partial charge in [-0.05, 0) is 26.2 Å². The molecule has 0 unspecified atom stereocenters. The van der Waals surface area contributed by atoms with E-state index in [2.05, 4.69) is 24.3 Å². The molecule has 1 aromatic rings. The Morgan fingerprint density at radius 1 is 1.42 bits per heavy atom. The third-order valence-corrected chi connectivity index (χ3v) is 2.76. The van der Waals surface area contributed by atoms with Crippen molar-refractivity contribution in [3.63, 3.8) is 0 Å². The maximum Gasteiger partial charge on any atom is 0.224 e. The average Bonchev–Trinajstić information content (AvgIpc) is 2.65. The fraction of sp³-hybridized carbons (Fsp3) is 0.714. The predicted octanol–water partition coefficient (Wildman–Crippen LogP) is 2.01. The Morgan fingerprint density at radius 3 is 2.74 bits per heavy atom. The van der Waals surface area contributed by atoms with E-state index in [1.165, 1.54) is 0 Å². The van der Waals surface area contributed by atoms with Crippen LogP contribution in [0, 0.1) is 19.8 Å². The van der Waals surface area contributed by atoms with Gasteiger partial charge in [0.25, 0.3) is 0 Å². The molecule has 1 N–H and O–H groups in total. The molecule has 1 aromatic heterocycles. The fourth-order valence-electron chi connectivity index (χ4n) is 1.70. The Balaban J connectivity index is 2.15. The van der Waals surface area contributed by atoms with E-state index < -0.39 is 0 Å². The largest absolute Gasteiger partial charge is 0.381 e. The molecular weight excluding hydrogens is 244 g/mol. The smallest absolute Gasteiger partial charge is 0.224 e. The molecule has 0 fully saturated rings. The van der Waals surface area contributed by atoms with E-state index >= 15 is 0 Å². The quantitative estimate of drug-likeness (QED) is 0.733. The molecule has 0 aromatic carbocycles. The van der Waals surface area contributed by atoms with Crippen molar-refractivity contribution in [3.05, 3.63) is 17.0 Å². The number of ether oxygens (including phenoxy) is 1. The van der Waals surface area contributed by atoms with Crippen LogP contribution in [-0.4, -0.2) is 30.8 Å². The van der Waals surface area contributed by atoms with Crippen molar-refractivity contribution in [3.8, 4) is 0 Å². The van der Waals surface area contributed by atoms with E-state index in [4.69, 9.17) is 9.26 Å². The Morgan fingerprint density at radius 2 is 2.16 bits per heavy atom. The molecule has 0 saturated heterocycles. The summed E-state index contributed by atoms with van der Waals surface area (Å²) in [4.78, 5) is 11.7. The lowest BCUT2D eigenvalue weighted by atomic mass is 10.1. The topological polar surface area (TPSA) is 64.4 Å². The third-order valence-electron chi connectivity index (χ3n) is 2.76. The summed E-state index contributed by atoms with van der Waals surface area (Å²) in [6.45, 7) is 10.00. The molecule has 0 bridgehead atoms. The highest BCUT2D eigenvalue weighted by Crippen LogP contribution is 2.12. The van der Waals surface area contributed by atoms with Crippen LogP contribution >= 0.6 is 0 Å². The molecule has 0 saturated carbocycles. The number of rotatable bonds is 8.